The van der Waals surface area contributed by atoms with Crippen LogP contribution in [0.3, 0.4) is 0 Å². The fourth-order valence-corrected chi connectivity index (χ4v) is 4.34. The van der Waals surface area contributed by atoms with Crippen LogP contribution in [0.4, 0.5) is 5.69 Å². The molecule has 1 unspecified atom stereocenters. The first kappa shape index (κ1) is 28.1. The van der Waals surface area contributed by atoms with E-state index in [1.165, 1.54) is 0 Å². The maximum Gasteiger partial charge on any atom is 0.343 e. The maximum absolute atomic E-state index is 12.5. The van der Waals surface area contributed by atoms with Gasteiger partial charge >= 0.3 is 12.2 Å². The molecule has 210 valence electrons. The third kappa shape index (κ3) is 7.61. The van der Waals surface area contributed by atoms with Gasteiger partial charge in [0.25, 0.3) is 0 Å². The normalized spacial score (nSPS) is 11.9. The van der Waals surface area contributed by atoms with Gasteiger partial charge in [-0.15, -0.1) is 0 Å². The SMILES string of the molecule is CC(OC(=O)c1ccccc1)[n+]1cccc(CN=C([O-])Nc2ccc(COc3ccccc3-c3ccccc3)cc2)c1. The van der Waals surface area contributed by atoms with Crippen LogP contribution in [0.2, 0.25) is 0 Å². The van der Waals surface area contributed by atoms with E-state index >= 15 is 0 Å². The fourth-order valence-electron chi connectivity index (χ4n) is 4.34. The molecule has 0 fully saturated rings. The molecule has 1 N–H and O–H groups in total. The Bertz CT molecular complexity index is 1640. The predicted octanol–water partition coefficient (Wildman–Crippen LogP) is 5.92. The van der Waals surface area contributed by atoms with Crippen molar-refractivity contribution in [1.29, 1.82) is 0 Å². The molecule has 1 heterocycles. The zero-order chi connectivity index (χ0) is 29.1. The van der Waals surface area contributed by atoms with Crippen LogP contribution in [0, 0.1) is 0 Å². The van der Waals surface area contributed by atoms with E-state index in [0.29, 0.717) is 17.9 Å². The number of esters is 1. The summed E-state index contributed by atoms with van der Waals surface area (Å²) in [7, 11) is 0. The molecule has 1 aromatic heterocycles. The molecule has 7 heteroatoms. The highest BCUT2D eigenvalue weighted by atomic mass is 16.6. The summed E-state index contributed by atoms with van der Waals surface area (Å²) in [5.74, 6) is 0.408. The van der Waals surface area contributed by atoms with Gasteiger partial charge < -0.3 is 19.9 Å². The van der Waals surface area contributed by atoms with E-state index in [4.69, 9.17) is 9.47 Å². The van der Waals surface area contributed by atoms with Crippen molar-refractivity contribution in [3.8, 4) is 16.9 Å². The highest BCUT2D eigenvalue weighted by Crippen LogP contribution is 2.30. The Hall–Kier alpha value is -5.43. The highest BCUT2D eigenvalue weighted by Gasteiger charge is 2.18. The van der Waals surface area contributed by atoms with E-state index in [2.05, 4.69) is 22.4 Å². The van der Waals surface area contributed by atoms with E-state index in [-0.39, 0.29) is 6.54 Å². The molecule has 5 rings (SSSR count). The van der Waals surface area contributed by atoms with Gasteiger partial charge in [0.05, 0.1) is 18.1 Å². The number of carbonyl (C=O) groups excluding carboxylic acids is 1. The molecule has 0 aliphatic rings. The van der Waals surface area contributed by atoms with Crippen LogP contribution in [0.15, 0.2) is 139 Å². The van der Waals surface area contributed by atoms with Crippen molar-refractivity contribution < 1.29 is 23.9 Å². The van der Waals surface area contributed by atoms with Crippen molar-refractivity contribution >= 4 is 17.7 Å². The number of hydrogen-bond acceptors (Lipinski definition) is 5. The summed E-state index contributed by atoms with van der Waals surface area (Å²) < 4.78 is 13.5. The fraction of sp³-hybridized carbons (Fsp3) is 0.114. The number of hydrogen-bond donors (Lipinski definition) is 1. The second kappa shape index (κ2) is 13.8. The summed E-state index contributed by atoms with van der Waals surface area (Å²) in [5.41, 5.74) is 5.04. The standard InChI is InChI=1S/C35H31N3O4/c1-26(42-34(39)30-14-6-3-7-15-30)38-22-10-11-28(24-38)23-36-35(40)37-31-20-18-27(19-21-31)25-41-33-17-9-8-16-32(33)29-12-4-2-5-13-29/h2-22,24,26H,23,25H2,1H3,(H-,36,37,40). The average Bonchev–Trinajstić information content (AvgIpc) is 3.04. The third-order valence-corrected chi connectivity index (χ3v) is 6.57. The van der Waals surface area contributed by atoms with Crippen LogP contribution < -0.4 is 19.7 Å². The van der Waals surface area contributed by atoms with Gasteiger partial charge in [-0.25, -0.2) is 4.79 Å². The first-order chi connectivity index (χ1) is 20.5. The molecular formula is C35H31N3O4. The Morgan fingerprint density at radius 1 is 0.833 bits per heavy atom. The number of carbonyl (C=O) groups is 1. The lowest BCUT2D eigenvalue weighted by Crippen LogP contribution is -2.40. The smallest absolute Gasteiger partial charge is 0.343 e. The summed E-state index contributed by atoms with van der Waals surface area (Å²) in [5, 5.41) is 15.3. The van der Waals surface area contributed by atoms with Crippen LogP contribution in [0.1, 0.15) is 34.6 Å². The van der Waals surface area contributed by atoms with E-state index in [1.807, 2.05) is 91.1 Å². The molecule has 0 amide bonds. The van der Waals surface area contributed by atoms with Crippen molar-refractivity contribution in [1.82, 2.24) is 0 Å². The number of ether oxygens (including phenoxy) is 2. The Labute approximate surface area is 245 Å². The molecular weight excluding hydrogens is 526 g/mol. The molecule has 42 heavy (non-hydrogen) atoms. The topological polar surface area (TPSA) is 86.9 Å². The Morgan fingerprint density at radius 2 is 1.52 bits per heavy atom. The highest BCUT2D eigenvalue weighted by molar-refractivity contribution is 5.89. The average molecular weight is 558 g/mol. The van der Waals surface area contributed by atoms with Crippen molar-refractivity contribution in [3.05, 3.63) is 150 Å². The molecule has 0 aliphatic carbocycles. The van der Waals surface area contributed by atoms with Crippen LogP contribution in [0.5, 0.6) is 5.75 Å². The first-order valence-corrected chi connectivity index (χ1v) is 13.7. The lowest BCUT2D eigenvalue weighted by Gasteiger charge is -2.15. The number of para-hydroxylation sites is 1. The number of anilines is 1. The van der Waals surface area contributed by atoms with Gasteiger partial charge in [0, 0.05) is 29.8 Å². The Morgan fingerprint density at radius 3 is 2.29 bits per heavy atom. The molecule has 0 saturated heterocycles. The van der Waals surface area contributed by atoms with E-state index in [0.717, 1.165) is 28.0 Å². The van der Waals surface area contributed by atoms with Gasteiger partial charge in [-0.3, -0.25) is 4.99 Å². The second-order valence-corrected chi connectivity index (χ2v) is 9.62. The molecule has 5 aromatic rings. The van der Waals surface area contributed by atoms with Gasteiger partial charge in [0.2, 0.25) is 0 Å². The summed E-state index contributed by atoms with van der Waals surface area (Å²) in [4.78, 5) is 16.5. The maximum atomic E-state index is 12.5. The third-order valence-electron chi connectivity index (χ3n) is 6.57. The van der Waals surface area contributed by atoms with Crippen molar-refractivity contribution in [2.24, 2.45) is 4.99 Å². The molecule has 0 radical (unpaired) electrons. The van der Waals surface area contributed by atoms with Crippen LogP contribution in [-0.4, -0.2) is 12.0 Å². The van der Waals surface area contributed by atoms with E-state index in [1.54, 1.807) is 42.0 Å². The first-order valence-electron chi connectivity index (χ1n) is 13.7. The van der Waals surface area contributed by atoms with E-state index in [9.17, 15) is 9.90 Å². The molecule has 0 saturated carbocycles. The Balaban J connectivity index is 1.14. The zero-order valence-electron chi connectivity index (χ0n) is 23.2. The molecule has 0 bridgehead atoms. The number of rotatable bonds is 10. The quantitative estimate of drug-likeness (QED) is 0.0997. The lowest BCUT2D eigenvalue weighted by molar-refractivity contribution is -0.753. The minimum Gasteiger partial charge on any atom is -0.846 e. The molecule has 0 aliphatic heterocycles. The van der Waals surface area contributed by atoms with Gasteiger partial charge in [0.1, 0.15) is 12.4 Å². The lowest BCUT2D eigenvalue weighted by atomic mass is 10.0. The second-order valence-electron chi connectivity index (χ2n) is 9.62. The minimum atomic E-state index is -0.527. The van der Waals surface area contributed by atoms with Gasteiger partial charge in [-0.2, -0.15) is 4.57 Å². The molecule has 0 spiro atoms. The minimum absolute atomic E-state index is 0.179. The number of aromatic nitrogens is 1. The summed E-state index contributed by atoms with van der Waals surface area (Å²) >= 11 is 0. The summed E-state index contributed by atoms with van der Waals surface area (Å²) in [6, 6.07) is 37.7. The number of amidine groups is 1. The summed E-state index contributed by atoms with van der Waals surface area (Å²) in [6.07, 6.45) is 3.09. The number of pyridine rings is 1. The summed E-state index contributed by atoms with van der Waals surface area (Å²) in [6.45, 7) is 2.36. The number of benzene rings is 4. The number of nitrogens with one attached hydrogen (secondary N) is 1. The van der Waals surface area contributed by atoms with Gasteiger partial charge in [0.15, 0.2) is 12.4 Å². The van der Waals surface area contributed by atoms with Gasteiger partial charge in [-0.05, 0) is 47.5 Å². The van der Waals surface area contributed by atoms with Crippen molar-refractivity contribution in [2.75, 3.05) is 5.32 Å². The molecule has 1 atom stereocenters. The predicted molar refractivity (Wildman–Crippen MR) is 161 cm³/mol. The van der Waals surface area contributed by atoms with Crippen LogP contribution in [0.25, 0.3) is 11.1 Å². The zero-order valence-corrected chi connectivity index (χ0v) is 23.2. The van der Waals surface area contributed by atoms with E-state index < -0.39 is 18.2 Å². The molecule has 4 aromatic carbocycles. The largest absolute Gasteiger partial charge is 0.846 e. The van der Waals surface area contributed by atoms with Crippen molar-refractivity contribution in [3.63, 3.8) is 0 Å². The number of nitrogens with zero attached hydrogens (tertiary/aromatic N) is 2. The Kier molecular flexibility index (Phi) is 9.21. The van der Waals surface area contributed by atoms with Crippen molar-refractivity contribution in [2.45, 2.75) is 26.3 Å². The monoisotopic (exact) mass is 557 g/mol. The number of aliphatic imine (C=N–C) groups is 1. The van der Waals surface area contributed by atoms with Crippen LogP contribution >= 0.6 is 0 Å². The van der Waals surface area contributed by atoms with Gasteiger partial charge in [-0.1, -0.05) is 78.9 Å². The molecule has 7 nitrogen and oxygen atoms in total. The van der Waals surface area contributed by atoms with Crippen LogP contribution in [-0.2, 0) is 17.9 Å².